The number of nitrogens with one attached hydrogen (secondary N) is 2. The van der Waals surface area contributed by atoms with E-state index in [1.807, 2.05) is 24.8 Å². The fourth-order valence-electron chi connectivity index (χ4n) is 3.40. The van der Waals surface area contributed by atoms with Crippen molar-refractivity contribution in [2.45, 2.75) is 45.0 Å². The molecule has 138 valence electrons. The molecule has 0 saturated carbocycles. The van der Waals surface area contributed by atoms with Crippen LogP contribution >= 0.6 is 12.2 Å². The van der Waals surface area contributed by atoms with E-state index in [9.17, 15) is 4.39 Å². The van der Waals surface area contributed by atoms with Crippen LogP contribution in [0, 0.1) is 5.82 Å². The zero-order valence-electron chi connectivity index (χ0n) is 14.8. The van der Waals surface area contributed by atoms with Gasteiger partial charge in [-0.2, -0.15) is 0 Å². The van der Waals surface area contributed by atoms with Crippen LogP contribution in [-0.2, 0) is 9.47 Å². The van der Waals surface area contributed by atoms with Crippen LogP contribution in [0.4, 0.5) is 15.8 Å². The van der Waals surface area contributed by atoms with Gasteiger partial charge in [0, 0.05) is 31.9 Å². The van der Waals surface area contributed by atoms with Gasteiger partial charge in [0.2, 0.25) is 0 Å². The van der Waals surface area contributed by atoms with Crippen molar-refractivity contribution in [2.24, 2.45) is 0 Å². The lowest BCUT2D eigenvalue weighted by Gasteiger charge is -2.37. The van der Waals surface area contributed by atoms with E-state index in [4.69, 9.17) is 21.7 Å². The number of hydrogen-bond donors (Lipinski definition) is 2. The maximum Gasteiger partial charge on any atom is 0.170 e. The van der Waals surface area contributed by atoms with Crippen LogP contribution in [-0.4, -0.2) is 49.7 Å². The first-order valence-electron chi connectivity index (χ1n) is 8.87. The quantitative estimate of drug-likeness (QED) is 0.798. The highest BCUT2D eigenvalue weighted by molar-refractivity contribution is 7.80. The molecule has 2 saturated heterocycles. The topological polar surface area (TPSA) is 45.8 Å². The van der Waals surface area contributed by atoms with Crippen molar-refractivity contribution in [1.82, 2.24) is 5.32 Å². The van der Waals surface area contributed by atoms with Gasteiger partial charge in [-0.1, -0.05) is 0 Å². The molecule has 0 bridgehead atoms. The van der Waals surface area contributed by atoms with Gasteiger partial charge in [-0.15, -0.1) is 0 Å². The van der Waals surface area contributed by atoms with Gasteiger partial charge >= 0.3 is 0 Å². The number of anilines is 2. The highest BCUT2D eigenvalue weighted by Crippen LogP contribution is 2.26. The smallest absolute Gasteiger partial charge is 0.170 e. The van der Waals surface area contributed by atoms with Gasteiger partial charge in [-0.25, -0.2) is 4.39 Å². The molecule has 1 aromatic rings. The molecule has 0 spiro atoms. The minimum atomic E-state index is -0.256. The Morgan fingerprint density at radius 1 is 1.32 bits per heavy atom. The summed E-state index contributed by atoms with van der Waals surface area (Å²) in [5, 5.41) is 6.65. The molecular formula is C18H26FN3O2S. The SMILES string of the molecule is C[C@@H]1CN(c2ccc(NC(=S)NC[C@@H]3CCCO3)cc2F)C[C@H](C)O1. The van der Waals surface area contributed by atoms with Gasteiger partial charge in [0.15, 0.2) is 5.11 Å². The van der Waals surface area contributed by atoms with E-state index in [1.54, 1.807) is 6.07 Å². The average Bonchev–Trinajstić information content (AvgIpc) is 3.05. The molecule has 5 nitrogen and oxygen atoms in total. The van der Waals surface area contributed by atoms with Crippen molar-refractivity contribution in [1.29, 1.82) is 0 Å². The molecule has 2 aliphatic heterocycles. The first-order valence-corrected chi connectivity index (χ1v) is 9.28. The number of ether oxygens (including phenoxy) is 2. The Balaban J connectivity index is 1.56. The zero-order valence-corrected chi connectivity index (χ0v) is 15.6. The molecule has 2 heterocycles. The van der Waals surface area contributed by atoms with Crippen molar-refractivity contribution in [3.8, 4) is 0 Å². The van der Waals surface area contributed by atoms with Crippen LogP contribution in [0.5, 0.6) is 0 Å². The summed E-state index contributed by atoms with van der Waals surface area (Å²) in [6.07, 6.45) is 2.54. The minimum Gasteiger partial charge on any atom is -0.376 e. The van der Waals surface area contributed by atoms with Crippen molar-refractivity contribution < 1.29 is 13.9 Å². The summed E-state index contributed by atoms with van der Waals surface area (Å²) < 4.78 is 25.8. The molecule has 3 atom stereocenters. The number of halogens is 1. The predicted octanol–water partition coefficient (Wildman–Crippen LogP) is 2.90. The van der Waals surface area contributed by atoms with Crippen molar-refractivity contribution >= 4 is 28.7 Å². The zero-order chi connectivity index (χ0) is 17.8. The normalized spacial score (nSPS) is 26.5. The van der Waals surface area contributed by atoms with Gasteiger partial charge in [0.05, 0.1) is 24.0 Å². The maximum atomic E-state index is 14.6. The Morgan fingerprint density at radius 2 is 2.08 bits per heavy atom. The van der Waals surface area contributed by atoms with Crippen LogP contribution in [0.25, 0.3) is 0 Å². The molecule has 0 radical (unpaired) electrons. The third-order valence-electron chi connectivity index (χ3n) is 4.48. The van der Waals surface area contributed by atoms with Crippen molar-refractivity contribution in [2.75, 3.05) is 36.5 Å². The Bertz CT molecular complexity index is 600. The van der Waals surface area contributed by atoms with Crippen LogP contribution in [0.3, 0.4) is 0 Å². The third-order valence-corrected chi connectivity index (χ3v) is 4.73. The monoisotopic (exact) mass is 367 g/mol. The second-order valence-corrected chi connectivity index (χ2v) is 7.21. The van der Waals surface area contributed by atoms with E-state index in [2.05, 4.69) is 10.6 Å². The number of rotatable bonds is 4. The largest absolute Gasteiger partial charge is 0.376 e. The summed E-state index contributed by atoms with van der Waals surface area (Å²) in [7, 11) is 0. The number of morpholine rings is 1. The van der Waals surface area contributed by atoms with E-state index in [1.165, 1.54) is 6.07 Å². The first-order chi connectivity index (χ1) is 12.0. The standard InChI is InChI=1S/C18H26FN3O2S/c1-12-10-22(11-13(2)24-12)17-6-5-14(8-16(17)19)21-18(25)20-9-15-4-3-7-23-15/h5-6,8,12-13,15H,3-4,7,9-11H2,1-2H3,(H2,20,21,25)/t12-,13+,15-/m0/s1. The average molecular weight is 367 g/mol. The van der Waals surface area contributed by atoms with Gasteiger partial charge in [-0.05, 0) is 57.1 Å². The number of nitrogens with zero attached hydrogens (tertiary/aromatic N) is 1. The number of hydrogen-bond acceptors (Lipinski definition) is 4. The fourth-order valence-corrected chi connectivity index (χ4v) is 3.60. The van der Waals surface area contributed by atoms with E-state index < -0.39 is 0 Å². The molecular weight excluding hydrogens is 341 g/mol. The predicted molar refractivity (Wildman–Crippen MR) is 102 cm³/mol. The molecule has 0 aromatic heterocycles. The molecule has 7 heteroatoms. The Hall–Kier alpha value is -1.44. The van der Waals surface area contributed by atoms with Gasteiger partial charge in [0.1, 0.15) is 5.82 Å². The third kappa shape index (κ3) is 5.03. The Kier molecular flexibility index (Phi) is 6.09. The Labute approximate surface area is 153 Å². The molecule has 1 aromatic carbocycles. The molecule has 25 heavy (non-hydrogen) atoms. The van der Waals surface area contributed by atoms with Crippen molar-refractivity contribution in [3.63, 3.8) is 0 Å². The lowest BCUT2D eigenvalue weighted by molar-refractivity contribution is -0.00539. The van der Waals surface area contributed by atoms with E-state index in [0.29, 0.717) is 36.1 Å². The summed E-state index contributed by atoms with van der Waals surface area (Å²) in [6, 6.07) is 5.13. The summed E-state index contributed by atoms with van der Waals surface area (Å²) >= 11 is 5.28. The second kappa shape index (κ2) is 8.29. The minimum absolute atomic E-state index is 0.0931. The summed E-state index contributed by atoms with van der Waals surface area (Å²) in [4.78, 5) is 2.03. The first kappa shape index (κ1) is 18.4. The van der Waals surface area contributed by atoms with Gasteiger partial charge < -0.3 is 25.0 Å². The molecule has 0 amide bonds. The van der Waals surface area contributed by atoms with Crippen LogP contribution < -0.4 is 15.5 Å². The van der Waals surface area contributed by atoms with E-state index >= 15 is 0 Å². The molecule has 2 aliphatic rings. The highest BCUT2D eigenvalue weighted by Gasteiger charge is 2.24. The molecule has 0 unspecified atom stereocenters. The van der Waals surface area contributed by atoms with Crippen molar-refractivity contribution in [3.05, 3.63) is 24.0 Å². The second-order valence-electron chi connectivity index (χ2n) is 6.80. The van der Waals surface area contributed by atoms with Crippen LogP contribution in [0.2, 0.25) is 0 Å². The van der Waals surface area contributed by atoms with E-state index in [-0.39, 0.29) is 24.1 Å². The molecule has 2 fully saturated rings. The van der Waals surface area contributed by atoms with Crippen LogP contribution in [0.1, 0.15) is 26.7 Å². The summed E-state index contributed by atoms with van der Waals surface area (Å²) in [5.74, 6) is -0.256. The molecule has 0 aliphatic carbocycles. The number of thiocarbonyl (C=S) groups is 1. The Morgan fingerprint density at radius 3 is 2.72 bits per heavy atom. The summed E-state index contributed by atoms with van der Waals surface area (Å²) in [5.41, 5.74) is 1.24. The van der Waals surface area contributed by atoms with Crippen LogP contribution in [0.15, 0.2) is 18.2 Å². The fraction of sp³-hybridized carbons (Fsp3) is 0.611. The molecule has 3 rings (SSSR count). The molecule has 2 N–H and O–H groups in total. The maximum absolute atomic E-state index is 14.6. The lowest BCUT2D eigenvalue weighted by atomic mass is 10.2. The van der Waals surface area contributed by atoms with Gasteiger partial charge in [0.25, 0.3) is 0 Å². The highest BCUT2D eigenvalue weighted by atomic mass is 32.1. The summed E-state index contributed by atoms with van der Waals surface area (Å²) in [6.45, 7) is 6.89. The van der Waals surface area contributed by atoms with E-state index in [0.717, 1.165) is 19.4 Å². The van der Waals surface area contributed by atoms with Gasteiger partial charge in [-0.3, -0.25) is 0 Å². The lowest BCUT2D eigenvalue weighted by Crippen LogP contribution is -2.45. The number of benzene rings is 1.